The molecule has 1 unspecified atom stereocenters. The van der Waals surface area contributed by atoms with Crippen molar-refractivity contribution in [2.75, 3.05) is 0 Å². The molecule has 2 fully saturated rings. The summed E-state index contributed by atoms with van der Waals surface area (Å²) in [6.45, 7) is 1.88. The molecule has 29 heavy (non-hydrogen) atoms. The highest BCUT2D eigenvalue weighted by molar-refractivity contribution is 5.84. The molecule has 0 bridgehead atoms. The van der Waals surface area contributed by atoms with Gasteiger partial charge in [-0.2, -0.15) is 13.2 Å². The SMILES string of the molecule is Cc1ncc2c(n1)CCC(C(=O)N[C@@H]1C[C@@]3(C(=O)O)C[C@@H]13)C2.O=C(O)C(F)(F)F. The monoisotopic (exact) mass is 415 g/mol. The molecule has 1 aromatic rings. The van der Waals surface area contributed by atoms with Gasteiger partial charge in [-0.25, -0.2) is 14.8 Å². The summed E-state index contributed by atoms with van der Waals surface area (Å²) in [6.07, 6.45) is 0.346. The van der Waals surface area contributed by atoms with Crippen molar-refractivity contribution < 1.29 is 37.8 Å². The first-order valence-corrected chi connectivity index (χ1v) is 9.09. The fourth-order valence-electron chi connectivity index (χ4n) is 4.09. The number of hydrogen-bond donors (Lipinski definition) is 3. The summed E-state index contributed by atoms with van der Waals surface area (Å²) in [7, 11) is 0. The first-order valence-electron chi connectivity index (χ1n) is 9.09. The van der Waals surface area contributed by atoms with Crippen LogP contribution in [0.5, 0.6) is 0 Å². The molecule has 0 radical (unpaired) electrons. The Balaban J connectivity index is 0.000000298. The van der Waals surface area contributed by atoms with Crippen molar-refractivity contribution in [2.24, 2.45) is 17.3 Å². The largest absolute Gasteiger partial charge is 0.490 e. The minimum atomic E-state index is -5.08. The molecule has 1 aromatic heterocycles. The Kier molecular flexibility index (Phi) is 5.26. The second-order valence-corrected chi connectivity index (χ2v) is 7.72. The molecule has 1 heterocycles. The zero-order chi connectivity index (χ0) is 21.6. The van der Waals surface area contributed by atoms with Gasteiger partial charge in [0.2, 0.25) is 5.91 Å². The van der Waals surface area contributed by atoms with Gasteiger partial charge < -0.3 is 15.5 Å². The number of aliphatic carboxylic acids is 2. The van der Waals surface area contributed by atoms with E-state index in [0.717, 1.165) is 29.9 Å². The number of carbonyl (C=O) groups excluding carboxylic acids is 1. The molecule has 3 N–H and O–H groups in total. The lowest BCUT2D eigenvalue weighted by atomic mass is 9.79. The minimum absolute atomic E-state index is 0.0441. The van der Waals surface area contributed by atoms with Crippen LogP contribution in [0.4, 0.5) is 13.2 Å². The third-order valence-corrected chi connectivity index (χ3v) is 5.84. The second-order valence-electron chi connectivity index (χ2n) is 7.72. The van der Waals surface area contributed by atoms with Gasteiger partial charge >= 0.3 is 18.1 Å². The lowest BCUT2D eigenvalue weighted by Gasteiger charge is -2.34. The van der Waals surface area contributed by atoms with Crippen LogP contribution in [-0.4, -0.2) is 50.2 Å². The summed E-state index contributed by atoms with van der Waals surface area (Å²) < 4.78 is 31.7. The normalized spacial score (nSPS) is 29.2. The van der Waals surface area contributed by atoms with E-state index in [1.807, 2.05) is 13.1 Å². The molecule has 11 heteroatoms. The molecule has 0 aromatic carbocycles. The average molecular weight is 415 g/mol. The van der Waals surface area contributed by atoms with Crippen molar-refractivity contribution >= 4 is 17.8 Å². The van der Waals surface area contributed by atoms with E-state index in [2.05, 4.69) is 15.3 Å². The Morgan fingerprint density at radius 2 is 1.90 bits per heavy atom. The van der Waals surface area contributed by atoms with Crippen LogP contribution < -0.4 is 5.32 Å². The topological polar surface area (TPSA) is 129 Å². The smallest absolute Gasteiger partial charge is 0.481 e. The number of aryl methyl sites for hydroxylation is 2. The molecule has 0 aliphatic heterocycles. The summed E-state index contributed by atoms with van der Waals surface area (Å²) >= 11 is 0. The molecule has 158 valence electrons. The Bertz CT molecular complexity index is 860. The van der Waals surface area contributed by atoms with E-state index in [4.69, 9.17) is 15.0 Å². The molecule has 3 aliphatic rings. The van der Waals surface area contributed by atoms with Gasteiger partial charge in [0.15, 0.2) is 0 Å². The predicted octanol–water partition coefficient (Wildman–Crippen LogP) is 1.50. The van der Waals surface area contributed by atoms with Crippen LogP contribution in [0.25, 0.3) is 0 Å². The quantitative estimate of drug-likeness (QED) is 0.682. The maximum atomic E-state index is 12.4. The fourth-order valence-corrected chi connectivity index (χ4v) is 4.09. The highest BCUT2D eigenvalue weighted by atomic mass is 19.4. The minimum Gasteiger partial charge on any atom is -0.481 e. The van der Waals surface area contributed by atoms with E-state index < -0.39 is 23.5 Å². The van der Waals surface area contributed by atoms with Crippen LogP contribution in [0.1, 0.15) is 36.3 Å². The number of amides is 1. The number of nitrogens with one attached hydrogen (secondary N) is 1. The third-order valence-electron chi connectivity index (χ3n) is 5.84. The number of alkyl halides is 3. The Morgan fingerprint density at radius 3 is 2.41 bits per heavy atom. The number of carboxylic acid groups (broad SMARTS) is 2. The summed E-state index contributed by atoms with van der Waals surface area (Å²) in [4.78, 5) is 41.1. The maximum Gasteiger partial charge on any atom is 0.490 e. The zero-order valence-corrected chi connectivity index (χ0v) is 15.5. The van der Waals surface area contributed by atoms with Crippen molar-refractivity contribution in [1.82, 2.24) is 15.3 Å². The number of rotatable bonds is 3. The van der Waals surface area contributed by atoms with Crippen molar-refractivity contribution in [3.05, 3.63) is 23.3 Å². The van der Waals surface area contributed by atoms with E-state index in [-0.39, 0.29) is 23.8 Å². The lowest BCUT2D eigenvalue weighted by Crippen LogP contribution is -2.50. The number of carbonyl (C=O) groups is 3. The van der Waals surface area contributed by atoms with Crippen LogP contribution in [0.3, 0.4) is 0 Å². The summed E-state index contributed by atoms with van der Waals surface area (Å²) in [5, 5.41) is 19.3. The molecular weight excluding hydrogens is 395 g/mol. The fraction of sp³-hybridized carbons (Fsp3) is 0.611. The first-order chi connectivity index (χ1) is 13.4. The maximum absolute atomic E-state index is 12.4. The third kappa shape index (κ3) is 4.18. The Labute approximate surface area is 163 Å². The number of carboxylic acids is 2. The average Bonchev–Trinajstić information content (AvgIpc) is 3.25. The highest BCUT2D eigenvalue weighted by Gasteiger charge is 2.72. The van der Waals surface area contributed by atoms with Crippen LogP contribution in [-0.2, 0) is 27.2 Å². The highest BCUT2D eigenvalue weighted by Crippen LogP contribution is 2.67. The molecule has 2 saturated carbocycles. The first kappa shape index (κ1) is 21.0. The van der Waals surface area contributed by atoms with E-state index in [0.29, 0.717) is 19.3 Å². The molecule has 4 rings (SSSR count). The van der Waals surface area contributed by atoms with Crippen molar-refractivity contribution in [3.63, 3.8) is 0 Å². The van der Waals surface area contributed by atoms with E-state index in [9.17, 15) is 22.8 Å². The van der Waals surface area contributed by atoms with Gasteiger partial charge in [0.05, 0.1) is 5.41 Å². The zero-order valence-electron chi connectivity index (χ0n) is 15.5. The van der Waals surface area contributed by atoms with Crippen LogP contribution in [0.2, 0.25) is 0 Å². The van der Waals surface area contributed by atoms with Gasteiger partial charge in [0.1, 0.15) is 5.82 Å². The molecule has 8 nitrogen and oxygen atoms in total. The van der Waals surface area contributed by atoms with E-state index in [1.54, 1.807) is 0 Å². The lowest BCUT2D eigenvalue weighted by molar-refractivity contribution is -0.192. The van der Waals surface area contributed by atoms with E-state index >= 15 is 0 Å². The molecule has 4 atom stereocenters. The molecule has 0 spiro atoms. The standard InChI is InChI=1S/C16H19N3O3.C2HF3O2/c1-8-17-7-10-4-9(2-3-12(10)18-8)14(20)19-13-6-16(15(21)22)5-11(13)16;3-2(4,5)1(6)7/h7,9,11,13H,2-6H2,1H3,(H,19,20)(H,21,22);(H,6,7)/t9?,11-,13+,16-;/m0./s1. The molecule has 1 amide bonds. The summed E-state index contributed by atoms with van der Waals surface area (Å²) in [5.41, 5.74) is 1.62. The van der Waals surface area contributed by atoms with Crippen molar-refractivity contribution in [2.45, 2.75) is 51.2 Å². The van der Waals surface area contributed by atoms with E-state index in [1.165, 1.54) is 0 Å². The van der Waals surface area contributed by atoms with Gasteiger partial charge in [0, 0.05) is 23.9 Å². The molecular formula is C18H20F3N3O5. The number of fused-ring (bicyclic) bond motifs is 2. The second kappa shape index (κ2) is 7.27. The predicted molar refractivity (Wildman–Crippen MR) is 90.7 cm³/mol. The molecule has 3 aliphatic carbocycles. The van der Waals surface area contributed by atoms with Crippen molar-refractivity contribution in [3.8, 4) is 0 Å². The molecule has 0 saturated heterocycles. The number of nitrogens with zero attached hydrogens (tertiary/aromatic N) is 2. The van der Waals surface area contributed by atoms with Gasteiger partial charge in [-0.15, -0.1) is 0 Å². The van der Waals surface area contributed by atoms with Gasteiger partial charge in [0.25, 0.3) is 0 Å². The van der Waals surface area contributed by atoms with Crippen LogP contribution in [0.15, 0.2) is 6.20 Å². The number of halogens is 3. The van der Waals surface area contributed by atoms with Crippen LogP contribution >= 0.6 is 0 Å². The summed E-state index contributed by atoms with van der Waals surface area (Å²) in [5.74, 6) is -2.53. The van der Waals surface area contributed by atoms with Crippen LogP contribution in [0, 0.1) is 24.2 Å². The Hall–Kier alpha value is -2.72. The van der Waals surface area contributed by atoms with Gasteiger partial charge in [-0.05, 0) is 50.5 Å². The van der Waals surface area contributed by atoms with Gasteiger partial charge in [-0.1, -0.05) is 0 Å². The van der Waals surface area contributed by atoms with Gasteiger partial charge in [-0.3, -0.25) is 9.59 Å². The number of aromatic nitrogens is 2. The number of hydrogen-bond acceptors (Lipinski definition) is 5. The van der Waals surface area contributed by atoms with Crippen molar-refractivity contribution in [1.29, 1.82) is 0 Å². The Morgan fingerprint density at radius 1 is 1.24 bits per heavy atom. The summed E-state index contributed by atoms with van der Waals surface area (Å²) in [6, 6.07) is 0.0549.